The topological polar surface area (TPSA) is 106 Å². The van der Waals surface area contributed by atoms with E-state index in [0.29, 0.717) is 0 Å². The van der Waals surface area contributed by atoms with Gasteiger partial charge in [0.15, 0.2) is 0 Å². The van der Waals surface area contributed by atoms with Crippen LogP contribution in [0.15, 0.2) is 36.5 Å². The molecule has 0 amide bonds. The van der Waals surface area contributed by atoms with Crippen LogP contribution in [0.3, 0.4) is 0 Å². The Labute approximate surface area is 113 Å². The highest BCUT2D eigenvalue weighted by atomic mass is 16.6. The van der Waals surface area contributed by atoms with Gasteiger partial charge in [0.1, 0.15) is 5.69 Å². The van der Waals surface area contributed by atoms with Gasteiger partial charge in [-0.2, -0.15) is 0 Å². The Hall–Kier alpha value is -2.67. The zero-order valence-corrected chi connectivity index (χ0v) is 10.4. The molecule has 0 radical (unpaired) electrons. The molecular formula is C13H12N2O5. The Kier molecular flexibility index (Phi) is 3.81. The molecule has 0 bridgehead atoms. The van der Waals surface area contributed by atoms with Crippen LogP contribution >= 0.6 is 0 Å². The van der Waals surface area contributed by atoms with Crippen molar-refractivity contribution < 1.29 is 19.9 Å². The van der Waals surface area contributed by atoms with Crippen LogP contribution in [0.25, 0.3) is 0 Å². The molecule has 0 saturated heterocycles. The number of nitro groups is 1. The van der Waals surface area contributed by atoms with Crippen LogP contribution in [0, 0.1) is 10.1 Å². The SMILES string of the molecule is O=C(O)c1cc([N+](=O)[O-])cn1Cc1ccc(CO)cc1. The quantitative estimate of drug-likeness (QED) is 0.637. The molecule has 0 fully saturated rings. The maximum Gasteiger partial charge on any atom is 0.352 e. The molecule has 2 aromatic rings. The second kappa shape index (κ2) is 5.54. The summed E-state index contributed by atoms with van der Waals surface area (Å²) < 4.78 is 1.31. The average molecular weight is 276 g/mol. The Bertz CT molecular complexity index is 645. The summed E-state index contributed by atoms with van der Waals surface area (Å²) in [5, 5.41) is 28.7. The molecule has 104 valence electrons. The largest absolute Gasteiger partial charge is 0.477 e. The minimum absolute atomic E-state index is 0.0738. The molecule has 20 heavy (non-hydrogen) atoms. The first-order valence-electron chi connectivity index (χ1n) is 5.78. The van der Waals surface area contributed by atoms with E-state index in [9.17, 15) is 14.9 Å². The molecule has 0 unspecified atom stereocenters. The van der Waals surface area contributed by atoms with E-state index in [1.54, 1.807) is 24.3 Å². The molecule has 0 atom stereocenters. The molecule has 7 nitrogen and oxygen atoms in total. The molecule has 7 heteroatoms. The van der Waals surface area contributed by atoms with Gasteiger partial charge in [0.05, 0.1) is 17.7 Å². The zero-order chi connectivity index (χ0) is 14.7. The van der Waals surface area contributed by atoms with Gasteiger partial charge in [0.25, 0.3) is 5.69 Å². The number of carboxylic acids is 1. The number of nitrogens with zero attached hydrogens (tertiary/aromatic N) is 2. The third kappa shape index (κ3) is 2.83. The molecule has 1 heterocycles. The number of rotatable bonds is 5. The van der Waals surface area contributed by atoms with Crippen molar-refractivity contribution in [1.29, 1.82) is 0 Å². The molecule has 0 aliphatic carbocycles. The van der Waals surface area contributed by atoms with Gasteiger partial charge in [-0.15, -0.1) is 0 Å². The number of hydrogen-bond acceptors (Lipinski definition) is 4. The number of aromatic nitrogens is 1. The lowest BCUT2D eigenvalue weighted by Crippen LogP contribution is -2.08. The molecule has 1 aromatic carbocycles. The Morgan fingerprint density at radius 1 is 1.25 bits per heavy atom. The molecule has 0 spiro atoms. The maximum atomic E-state index is 11.1. The lowest BCUT2D eigenvalue weighted by atomic mass is 10.1. The van der Waals surface area contributed by atoms with Crippen LogP contribution in [0.2, 0.25) is 0 Å². The van der Waals surface area contributed by atoms with Gasteiger partial charge in [0, 0.05) is 12.6 Å². The highest BCUT2D eigenvalue weighted by molar-refractivity contribution is 5.87. The normalized spacial score (nSPS) is 10.4. The predicted molar refractivity (Wildman–Crippen MR) is 69.5 cm³/mol. The van der Waals surface area contributed by atoms with Gasteiger partial charge in [-0.3, -0.25) is 10.1 Å². The van der Waals surface area contributed by atoms with Crippen molar-refractivity contribution in [2.24, 2.45) is 0 Å². The number of aliphatic hydroxyl groups is 1. The van der Waals surface area contributed by atoms with E-state index in [4.69, 9.17) is 10.2 Å². The standard InChI is InChI=1S/C13H12N2O5/c16-8-10-3-1-9(2-4-10)6-14-7-11(15(19)20)5-12(14)13(17)18/h1-5,7,16H,6,8H2,(H,17,18). The third-order valence-electron chi connectivity index (χ3n) is 2.87. The number of carbonyl (C=O) groups is 1. The van der Waals surface area contributed by atoms with Crippen LogP contribution < -0.4 is 0 Å². The second-order valence-corrected chi connectivity index (χ2v) is 4.25. The molecule has 0 aliphatic rings. The Morgan fingerprint density at radius 2 is 1.85 bits per heavy atom. The van der Waals surface area contributed by atoms with Crippen LogP contribution in [0.4, 0.5) is 5.69 Å². The van der Waals surface area contributed by atoms with Crippen molar-refractivity contribution >= 4 is 11.7 Å². The summed E-state index contributed by atoms with van der Waals surface area (Å²) in [6.07, 6.45) is 1.20. The fourth-order valence-corrected chi connectivity index (χ4v) is 1.85. The predicted octanol–water partition coefficient (Wildman–Crippen LogP) is 1.64. The molecular weight excluding hydrogens is 264 g/mol. The van der Waals surface area contributed by atoms with Gasteiger partial charge >= 0.3 is 5.97 Å². The van der Waals surface area contributed by atoms with Gasteiger partial charge in [-0.1, -0.05) is 24.3 Å². The van der Waals surface area contributed by atoms with Gasteiger partial charge in [0.2, 0.25) is 0 Å². The van der Waals surface area contributed by atoms with Crippen molar-refractivity contribution in [3.8, 4) is 0 Å². The van der Waals surface area contributed by atoms with Gasteiger partial charge in [-0.05, 0) is 11.1 Å². The van der Waals surface area contributed by atoms with E-state index in [0.717, 1.165) is 17.2 Å². The number of hydrogen-bond donors (Lipinski definition) is 2. The molecule has 2 N–H and O–H groups in total. The Balaban J connectivity index is 2.31. The smallest absolute Gasteiger partial charge is 0.352 e. The van der Waals surface area contributed by atoms with Crippen molar-refractivity contribution in [1.82, 2.24) is 4.57 Å². The molecule has 0 saturated carbocycles. The molecule has 0 aliphatic heterocycles. The Morgan fingerprint density at radius 3 is 2.35 bits per heavy atom. The number of carboxylic acid groups (broad SMARTS) is 1. The zero-order valence-electron chi connectivity index (χ0n) is 10.4. The summed E-state index contributed by atoms with van der Waals surface area (Å²) in [6, 6.07) is 7.94. The summed E-state index contributed by atoms with van der Waals surface area (Å²) in [5.74, 6) is -1.22. The summed E-state index contributed by atoms with van der Waals surface area (Å²) >= 11 is 0. The van der Waals surface area contributed by atoms with Crippen molar-refractivity contribution in [3.05, 3.63) is 63.5 Å². The fourth-order valence-electron chi connectivity index (χ4n) is 1.85. The lowest BCUT2D eigenvalue weighted by molar-refractivity contribution is -0.384. The summed E-state index contributed by atoms with van der Waals surface area (Å²) in [4.78, 5) is 21.1. The van der Waals surface area contributed by atoms with Crippen LogP contribution in [-0.2, 0) is 13.2 Å². The highest BCUT2D eigenvalue weighted by Crippen LogP contribution is 2.18. The fraction of sp³-hybridized carbons (Fsp3) is 0.154. The first-order valence-corrected chi connectivity index (χ1v) is 5.78. The molecule has 1 aromatic heterocycles. The number of aliphatic hydroxyl groups excluding tert-OH is 1. The monoisotopic (exact) mass is 276 g/mol. The first kappa shape index (κ1) is 13.8. The summed E-state index contributed by atoms with van der Waals surface area (Å²) in [7, 11) is 0. The number of benzene rings is 1. The van der Waals surface area contributed by atoms with Gasteiger partial charge < -0.3 is 14.8 Å². The van der Waals surface area contributed by atoms with Crippen LogP contribution in [-0.4, -0.2) is 25.7 Å². The minimum atomic E-state index is -1.22. The average Bonchev–Trinajstić information content (AvgIpc) is 2.84. The van der Waals surface area contributed by atoms with E-state index in [1.807, 2.05) is 0 Å². The van der Waals surface area contributed by atoms with Crippen LogP contribution in [0.5, 0.6) is 0 Å². The second-order valence-electron chi connectivity index (χ2n) is 4.25. The van der Waals surface area contributed by atoms with Crippen LogP contribution in [0.1, 0.15) is 21.6 Å². The van der Waals surface area contributed by atoms with Crippen molar-refractivity contribution in [3.63, 3.8) is 0 Å². The summed E-state index contributed by atoms with van der Waals surface area (Å²) in [5.41, 5.74) is 1.14. The highest BCUT2D eigenvalue weighted by Gasteiger charge is 2.18. The summed E-state index contributed by atoms with van der Waals surface area (Å²) in [6.45, 7) is 0.136. The third-order valence-corrected chi connectivity index (χ3v) is 2.87. The van der Waals surface area contributed by atoms with E-state index < -0.39 is 10.9 Å². The minimum Gasteiger partial charge on any atom is -0.477 e. The van der Waals surface area contributed by atoms with E-state index in [-0.39, 0.29) is 24.5 Å². The van der Waals surface area contributed by atoms with Crippen molar-refractivity contribution in [2.45, 2.75) is 13.2 Å². The lowest BCUT2D eigenvalue weighted by Gasteiger charge is -2.06. The van der Waals surface area contributed by atoms with Crippen molar-refractivity contribution in [2.75, 3.05) is 0 Å². The number of aromatic carboxylic acids is 1. The van der Waals surface area contributed by atoms with Gasteiger partial charge in [-0.25, -0.2) is 4.79 Å². The van der Waals surface area contributed by atoms with E-state index in [2.05, 4.69) is 0 Å². The van der Waals surface area contributed by atoms with E-state index in [1.165, 1.54) is 10.8 Å². The molecule has 2 rings (SSSR count). The first-order chi connectivity index (χ1) is 9.51. The maximum absolute atomic E-state index is 11.1. The van der Waals surface area contributed by atoms with E-state index >= 15 is 0 Å².